The van der Waals surface area contributed by atoms with E-state index in [4.69, 9.17) is 9.47 Å². The minimum Gasteiger partial charge on any atom is -0.461 e. The van der Waals surface area contributed by atoms with E-state index in [-0.39, 0.29) is 30.8 Å². The number of rotatable bonds is 7. The lowest BCUT2D eigenvalue weighted by Gasteiger charge is -2.28. The van der Waals surface area contributed by atoms with E-state index in [2.05, 4.69) is 13.8 Å². The van der Waals surface area contributed by atoms with Gasteiger partial charge in [0.1, 0.15) is 6.61 Å². The van der Waals surface area contributed by atoms with E-state index in [0.717, 1.165) is 5.56 Å². The highest BCUT2D eigenvalue weighted by atomic mass is 16.5. The number of carbonyl (C=O) groups is 2. The molecule has 0 radical (unpaired) electrons. The van der Waals surface area contributed by atoms with Crippen molar-refractivity contribution in [2.75, 3.05) is 26.3 Å². The Morgan fingerprint density at radius 2 is 1.83 bits per heavy atom. The molecule has 1 aromatic carbocycles. The number of morpholine rings is 1. The zero-order valence-corrected chi connectivity index (χ0v) is 14.6. The van der Waals surface area contributed by atoms with Crippen LogP contribution in [0, 0.1) is 11.8 Å². The highest BCUT2D eigenvalue weighted by Crippen LogP contribution is 2.20. The molecule has 1 aliphatic heterocycles. The summed E-state index contributed by atoms with van der Waals surface area (Å²) in [6.45, 7) is 6.70. The molecule has 1 saturated heterocycles. The van der Waals surface area contributed by atoms with Gasteiger partial charge in [0.25, 0.3) is 0 Å². The Hall–Kier alpha value is -1.88. The lowest BCUT2D eigenvalue weighted by atomic mass is 9.93. The van der Waals surface area contributed by atoms with Gasteiger partial charge in [0.05, 0.1) is 19.1 Å². The maximum atomic E-state index is 12.5. The molecule has 0 aliphatic carbocycles. The minimum atomic E-state index is -0.385. The average Bonchev–Trinajstić information content (AvgIpc) is 2.60. The van der Waals surface area contributed by atoms with E-state index in [1.54, 1.807) is 4.90 Å². The van der Waals surface area contributed by atoms with Gasteiger partial charge in [-0.3, -0.25) is 9.59 Å². The summed E-state index contributed by atoms with van der Waals surface area (Å²) >= 11 is 0. The molecule has 24 heavy (non-hydrogen) atoms. The number of nitrogens with zero attached hydrogens (tertiary/aromatic N) is 1. The largest absolute Gasteiger partial charge is 0.461 e. The molecule has 0 unspecified atom stereocenters. The molecule has 1 atom stereocenters. The van der Waals surface area contributed by atoms with Crippen molar-refractivity contribution < 1.29 is 19.1 Å². The van der Waals surface area contributed by atoms with Crippen LogP contribution in [0.2, 0.25) is 0 Å². The molecule has 5 heteroatoms. The molecule has 0 bridgehead atoms. The number of benzene rings is 1. The molecular weight excluding hydrogens is 306 g/mol. The number of ether oxygens (including phenoxy) is 2. The fourth-order valence-corrected chi connectivity index (χ4v) is 2.83. The summed E-state index contributed by atoms with van der Waals surface area (Å²) in [4.78, 5) is 26.7. The molecule has 1 amide bonds. The molecule has 1 fully saturated rings. The van der Waals surface area contributed by atoms with E-state index in [1.807, 2.05) is 30.3 Å². The van der Waals surface area contributed by atoms with Crippen LogP contribution in [0.15, 0.2) is 30.3 Å². The van der Waals surface area contributed by atoms with Crippen LogP contribution in [-0.2, 0) is 25.7 Å². The maximum Gasteiger partial charge on any atom is 0.309 e. The average molecular weight is 333 g/mol. The van der Waals surface area contributed by atoms with Crippen LogP contribution in [0.1, 0.15) is 32.3 Å². The first kappa shape index (κ1) is 18.5. The van der Waals surface area contributed by atoms with Gasteiger partial charge < -0.3 is 14.4 Å². The second-order valence-corrected chi connectivity index (χ2v) is 6.62. The van der Waals surface area contributed by atoms with Crippen molar-refractivity contribution in [1.82, 2.24) is 4.90 Å². The zero-order valence-electron chi connectivity index (χ0n) is 14.6. The first-order valence-electron chi connectivity index (χ1n) is 8.62. The monoisotopic (exact) mass is 333 g/mol. The Kier molecular flexibility index (Phi) is 7.25. The molecule has 0 aromatic heterocycles. The maximum absolute atomic E-state index is 12.5. The molecule has 2 rings (SSSR count). The first-order chi connectivity index (χ1) is 11.6. The highest BCUT2D eigenvalue weighted by Gasteiger charge is 2.27. The number of esters is 1. The molecule has 1 aromatic rings. The molecule has 0 spiro atoms. The fraction of sp³-hybridized carbons (Fsp3) is 0.579. The number of hydrogen-bond acceptors (Lipinski definition) is 4. The molecule has 132 valence electrons. The van der Waals surface area contributed by atoms with Crippen LogP contribution in [0.25, 0.3) is 0 Å². The first-order valence-corrected chi connectivity index (χ1v) is 8.62. The normalized spacial score (nSPS) is 16.0. The topological polar surface area (TPSA) is 55.8 Å². The lowest BCUT2D eigenvalue weighted by molar-refractivity contribution is -0.154. The standard InChI is InChI=1S/C19H27NO4/c1-15(2)12-17(13-18(21)20-8-10-23-11-9-20)19(22)24-14-16-6-4-3-5-7-16/h3-7,15,17H,8-14H2,1-2H3/t17-/m1/s1. The van der Waals surface area contributed by atoms with Crippen molar-refractivity contribution in [3.8, 4) is 0 Å². The van der Waals surface area contributed by atoms with E-state index in [1.165, 1.54) is 0 Å². The van der Waals surface area contributed by atoms with E-state index < -0.39 is 0 Å². The Morgan fingerprint density at radius 3 is 2.46 bits per heavy atom. The Balaban J connectivity index is 1.90. The number of amides is 1. The van der Waals surface area contributed by atoms with Crippen molar-refractivity contribution in [3.05, 3.63) is 35.9 Å². The third-order valence-electron chi connectivity index (χ3n) is 4.10. The molecule has 1 heterocycles. The van der Waals surface area contributed by atoms with Gasteiger partial charge in [-0.15, -0.1) is 0 Å². The number of carbonyl (C=O) groups excluding carboxylic acids is 2. The van der Waals surface area contributed by atoms with Crippen molar-refractivity contribution >= 4 is 11.9 Å². The second-order valence-electron chi connectivity index (χ2n) is 6.62. The smallest absolute Gasteiger partial charge is 0.309 e. The summed E-state index contributed by atoms with van der Waals surface area (Å²) in [7, 11) is 0. The lowest BCUT2D eigenvalue weighted by Crippen LogP contribution is -2.42. The van der Waals surface area contributed by atoms with Crippen LogP contribution in [0.5, 0.6) is 0 Å². The Morgan fingerprint density at radius 1 is 1.17 bits per heavy atom. The van der Waals surface area contributed by atoms with Crippen LogP contribution >= 0.6 is 0 Å². The van der Waals surface area contributed by atoms with Crippen LogP contribution < -0.4 is 0 Å². The van der Waals surface area contributed by atoms with Gasteiger partial charge in [0, 0.05) is 19.5 Å². The third kappa shape index (κ3) is 5.96. The van der Waals surface area contributed by atoms with E-state index in [0.29, 0.717) is 38.6 Å². The van der Waals surface area contributed by atoms with Gasteiger partial charge in [-0.1, -0.05) is 44.2 Å². The molecule has 0 N–H and O–H groups in total. The van der Waals surface area contributed by atoms with Crippen molar-refractivity contribution in [2.45, 2.75) is 33.3 Å². The third-order valence-corrected chi connectivity index (χ3v) is 4.10. The SMILES string of the molecule is CC(C)C[C@H](CC(=O)N1CCOCC1)C(=O)OCc1ccccc1. The second kappa shape index (κ2) is 9.42. The van der Waals surface area contributed by atoms with Crippen molar-refractivity contribution in [1.29, 1.82) is 0 Å². The van der Waals surface area contributed by atoms with Crippen LogP contribution in [0.3, 0.4) is 0 Å². The molecule has 5 nitrogen and oxygen atoms in total. The Labute approximate surface area is 143 Å². The summed E-state index contributed by atoms with van der Waals surface area (Å²) in [5, 5.41) is 0. The summed E-state index contributed by atoms with van der Waals surface area (Å²) < 4.78 is 10.7. The summed E-state index contributed by atoms with van der Waals surface area (Å²) in [6.07, 6.45) is 0.871. The number of hydrogen-bond donors (Lipinski definition) is 0. The quantitative estimate of drug-likeness (QED) is 0.720. The molecule has 0 saturated carbocycles. The van der Waals surface area contributed by atoms with E-state index in [9.17, 15) is 9.59 Å². The van der Waals surface area contributed by atoms with Gasteiger partial charge in [-0.05, 0) is 17.9 Å². The van der Waals surface area contributed by atoms with Crippen LogP contribution in [-0.4, -0.2) is 43.1 Å². The predicted molar refractivity (Wildman–Crippen MR) is 91.2 cm³/mol. The van der Waals surface area contributed by atoms with Crippen LogP contribution in [0.4, 0.5) is 0 Å². The Bertz CT molecular complexity index is 523. The fourth-order valence-electron chi connectivity index (χ4n) is 2.83. The van der Waals surface area contributed by atoms with Gasteiger partial charge in [0.2, 0.25) is 5.91 Å². The van der Waals surface area contributed by atoms with Gasteiger partial charge in [-0.2, -0.15) is 0 Å². The van der Waals surface area contributed by atoms with Crippen molar-refractivity contribution in [2.24, 2.45) is 11.8 Å². The summed E-state index contributed by atoms with van der Waals surface area (Å²) in [5.74, 6) is -0.324. The zero-order chi connectivity index (χ0) is 17.4. The highest BCUT2D eigenvalue weighted by molar-refractivity contribution is 5.83. The van der Waals surface area contributed by atoms with Gasteiger partial charge in [-0.25, -0.2) is 0 Å². The minimum absolute atomic E-state index is 0.0145. The van der Waals surface area contributed by atoms with Crippen molar-refractivity contribution in [3.63, 3.8) is 0 Å². The molecule has 1 aliphatic rings. The van der Waals surface area contributed by atoms with Gasteiger partial charge >= 0.3 is 5.97 Å². The van der Waals surface area contributed by atoms with E-state index >= 15 is 0 Å². The predicted octanol–water partition coefficient (Wildman–Crippen LogP) is 2.64. The van der Waals surface area contributed by atoms with Gasteiger partial charge in [0.15, 0.2) is 0 Å². The summed E-state index contributed by atoms with van der Waals surface area (Å²) in [6, 6.07) is 9.59. The summed E-state index contributed by atoms with van der Waals surface area (Å²) in [5.41, 5.74) is 0.952. The molecular formula is C19H27NO4.